The molecule has 92 valence electrons. The quantitative estimate of drug-likeness (QED) is 0.725. The van der Waals surface area contributed by atoms with E-state index in [9.17, 15) is 0 Å². The lowest BCUT2D eigenvalue weighted by Crippen LogP contribution is -2.61. The third kappa shape index (κ3) is 2.13. The van der Waals surface area contributed by atoms with Gasteiger partial charge < -0.3 is 10.1 Å². The number of ether oxygens (including phenoxy) is 1. The summed E-state index contributed by atoms with van der Waals surface area (Å²) in [4.78, 5) is 2.73. The van der Waals surface area contributed by atoms with Gasteiger partial charge in [0.25, 0.3) is 0 Å². The van der Waals surface area contributed by atoms with E-state index in [-0.39, 0.29) is 0 Å². The van der Waals surface area contributed by atoms with Crippen molar-refractivity contribution in [1.82, 2.24) is 10.2 Å². The lowest BCUT2D eigenvalue weighted by atomic mass is 9.72. The van der Waals surface area contributed by atoms with Crippen LogP contribution in [0.2, 0.25) is 0 Å². The monoisotopic (exact) mass is 224 g/mol. The fourth-order valence-corrected chi connectivity index (χ4v) is 3.56. The van der Waals surface area contributed by atoms with Crippen molar-refractivity contribution in [1.29, 1.82) is 0 Å². The molecular formula is C13H24N2O. The van der Waals surface area contributed by atoms with E-state index in [2.05, 4.69) is 10.2 Å². The first-order chi connectivity index (χ1) is 7.88. The minimum atomic E-state index is 0.651. The molecule has 0 amide bonds. The fraction of sp³-hybridized carbons (Fsp3) is 1.00. The fourth-order valence-electron chi connectivity index (χ4n) is 3.56. The highest BCUT2D eigenvalue weighted by atomic mass is 16.5. The number of nitrogens with zero attached hydrogens (tertiary/aromatic N) is 1. The first-order valence-corrected chi connectivity index (χ1v) is 6.91. The van der Waals surface area contributed by atoms with Crippen LogP contribution in [-0.4, -0.2) is 50.3 Å². The predicted molar refractivity (Wildman–Crippen MR) is 64.6 cm³/mol. The van der Waals surface area contributed by atoms with Crippen molar-refractivity contribution >= 4 is 0 Å². The molecule has 0 saturated carbocycles. The molecule has 3 nitrogen and oxygen atoms in total. The Labute approximate surface area is 98.5 Å². The van der Waals surface area contributed by atoms with E-state index in [1.165, 1.54) is 58.3 Å². The smallest absolute Gasteiger partial charge is 0.0472 e. The second-order valence-electron chi connectivity index (χ2n) is 5.85. The number of likely N-dealkylation sites (tertiary alicyclic amines) is 1. The number of hydrogen-bond donors (Lipinski definition) is 1. The summed E-state index contributed by atoms with van der Waals surface area (Å²) in [6.07, 6.45) is 6.71. The summed E-state index contributed by atoms with van der Waals surface area (Å²) >= 11 is 0. The number of rotatable bonds is 1. The summed E-state index contributed by atoms with van der Waals surface area (Å²) in [6.45, 7) is 7.14. The number of nitrogens with one attached hydrogen (secondary N) is 1. The molecule has 0 radical (unpaired) electrons. The Morgan fingerprint density at radius 3 is 2.69 bits per heavy atom. The van der Waals surface area contributed by atoms with Crippen LogP contribution in [-0.2, 0) is 4.74 Å². The van der Waals surface area contributed by atoms with Gasteiger partial charge in [0.05, 0.1) is 0 Å². The van der Waals surface area contributed by atoms with Gasteiger partial charge in [-0.15, -0.1) is 0 Å². The van der Waals surface area contributed by atoms with Crippen LogP contribution in [0.3, 0.4) is 0 Å². The Kier molecular flexibility index (Phi) is 3.18. The molecule has 0 aromatic heterocycles. The van der Waals surface area contributed by atoms with Gasteiger partial charge in [-0.3, -0.25) is 4.90 Å². The lowest BCUT2D eigenvalue weighted by Gasteiger charge is -2.55. The third-order valence-corrected chi connectivity index (χ3v) is 4.69. The SMILES string of the molecule is C1CNCCC(N2CC3(CCOCC3)C2)C1. The molecule has 1 spiro atoms. The maximum absolute atomic E-state index is 5.47. The van der Waals surface area contributed by atoms with Gasteiger partial charge in [0.2, 0.25) is 0 Å². The van der Waals surface area contributed by atoms with E-state index in [4.69, 9.17) is 4.74 Å². The summed E-state index contributed by atoms with van der Waals surface area (Å²) in [5.41, 5.74) is 0.651. The van der Waals surface area contributed by atoms with Gasteiger partial charge in [0, 0.05) is 37.8 Å². The van der Waals surface area contributed by atoms with Gasteiger partial charge >= 0.3 is 0 Å². The van der Waals surface area contributed by atoms with Gasteiger partial charge in [0.1, 0.15) is 0 Å². The molecule has 0 aliphatic carbocycles. The van der Waals surface area contributed by atoms with Crippen LogP contribution in [0.4, 0.5) is 0 Å². The maximum Gasteiger partial charge on any atom is 0.0472 e. The van der Waals surface area contributed by atoms with E-state index < -0.39 is 0 Å². The van der Waals surface area contributed by atoms with E-state index in [0.717, 1.165) is 19.3 Å². The van der Waals surface area contributed by atoms with Crippen LogP contribution < -0.4 is 5.32 Å². The standard InChI is InChI=1S/C13H24N2O/c1-2-12(3-7-14-6-1)15-10-13(11-15)4-8-16-9-5-13/h12,14H,1-11H2. The Balaban J connectivity index is 1.51. The van der Waals surface area contributed by atoms with Crippen LogP contribution in [0.1, 0.15) is 32.1 Å². The Morgan fingerprint density at radius 1 is 1.06 bits per heavy atom. The van der Waals surface area contributed by atoms with Crippen molar-refractivity contribution in [3.8, 4) is 0 Å². The van der Waals surface area contributed by atoms with Gasteiger partial charge in [-0.1, -0.05) is 0 Å². The normalized spacial score (nSPS) is 35.6. The molecule has 1 atom stereocenters. The van der Waals surface area contributed by atoms with E-state index in [0.29, 0.717) is 5.41 Å². The van der Waals surface area contributed by atoms with Gasteiger partial charge in [-0.05, 0) is 45.2 Å². The molecule has 3 saturated heterocycles. The summed E-state index contributed by atoms with van der Waals surface area (Å²) < 4.78 is 5.47. The average Bonchev–Trinajstić information content (AvgIpc) is 2.55. The lowest BCUT2D eigenvalue weighted by molar-refractivity contribution is -0.0985. The molecule has 1 unspecified atom stereocenters. The minimum Gasteiger partial charge on any atom is -0.381 e. The second kappa shape index (κ2) is 4.63. The van der Waals surface area contributed by atoms with Crippen molar-refractivity contribution in [2.75, 3.05) is 39.4 Å². The van der Waals surface area contributed by atoms with E-state index in [1.807, 2.05) is 0 Å². The Morgan fingerprint density at radius 2 is 1.88 bits per heavy atom. The molecule has 3 aliphatic rings. The average molecular weight is 224 g/mol. The first-order valence-electron chi connectivity index (χ1n) is 6.91. The van der Waals surface area contributed by atoms with Crippen LogP contribution in [0, 0.1) is 5.41 Å². The molecule has 0 bridgehead atoms. The highest BCUT2D eigenvalue weighted by molar-refractivity contribution is 4.98. The van der Waals surface area contributed by atoms with E-state index >= 15 is 0 Å². The van der Waals surface area contributed by atoms with Crippen molar-refractivity contribution in [2.24, 2.45) is 5.41 Å². The highest BCUT2D eigenvalue weighted by Gasteiger charge is 2.45. The molecule has 16 heavy (non-hydrogen) atoms. The number of hydrogen-bond acceptors (Lipinski definition) is 3. The van der Waals surface area contributed by atoms with Crippen LogP contribution in [0.25, 0.3) is 0 Å². The molecule has 0 aromatic rings. The van der Waals surface area contributed by atoms with Gasteiger partial charge in [0.15, 0.2) is 0 Å². The second-order valence-corrected chi connectivity index (χ2v) is 5.85. The van der Waals surface area contributed by atoms with Crippen molar-refractivity contribution in [3.05, 3.63) is 0 Å². The van der Waals surface area contributed by atoms with Crippen LogP contribution in [0.5, 0.6) is 0 Å². The third-order valence-electron chi connectivity index (χ3n) is 4.69. The summed E-state index contributed by atoms with van der Waals surface area (Å²) in [5, 5.41) is 3.50. The van der Waals surface area contributed by atoms with E-state index in [1.54, 1.807) is 0 Å². The van der Waals surface area contributed by atoms with Gasteiger partial charge in [-0.2, -0.15) is 0 Å². The molecule has 3 aliphatic heterocycles. The maximum atomic E-state index is 5.47. The molecular weight excluding hydrogens is 200 g/mol. The Hall–Kier alpha value is -0.120. The van der Waals surface area contributed by atoms with Crippen molar-refractivity contribution in [2.45, 2.75) is 38.1 Å². The molecule has 3 heteroatoms. The minimum absolute atomic E-state index is 0.651. The molecule has 0 aromatic carbocycles. The summed E-state index contributed by atoms with van der Waals surface area (Å²) in [5.74, 6) is 0. The summed E-state index contributed by atoms with van der Waals surface area (Å²) in [6, 6.07) is 0.864. The van der Waals surface area contributed by atoms with Crippen LogP contribution in [0.15, 0.2) is 0 Å². The molecule has 1 N–H and O–H groups in total. The first kappa shape index (κ1) is 11.0. The Bertz CT molecular complexity index is 222. The largest absolute Gasteiger partial charge is 0.381 e. The zero-order chi connectivity index (χ0) is 10.8. The zero-order valence-corrected chi connectivity index (χ0v) is 10.2. The zero-order valence-electron chi connectivity index (χ0n) is 10.2. The van der Waals surface area contributed by atoms with Crippen LogP contribution >= 0.6 is 0 Å². The molecule has 3 heterocycles. The van der Waals surface area contributed by atoms with Crippen molar-refractivity contribution in [3.63, 3.8) is 0 Å². The summed E-state index contributed by atoms with van der Waals surface area (Å²) in [7, 11) is 0. The topological polar surface area (TPSA) is 24.5 Å². The van der Waals surface area contributed by atoms with Crippen molar-refractivity contribution < 1.29 is 4.74 Å². The molecule has 3 fully saturated rings. The van der Waals surface area contributed by atoms with Gasteiger partial charge in [-0.25, -0.2) is 0 Å². The molecule has 3 rings (SSSR count). The highest BCUT2D eigenvalue weighted by Crippen LogP contribution is 2.41. The predicted octanol–water partition coefficient (Wildman–Crippen LogP) is 1.24.